The van der Waals surface area contributed by atoms with Gasteiger partial charge < -0.3 is 4.74 Å². The van der Waals surface area contributed by atoms with Crippen LogP contribution in [-0.2, 0) is 4.74 Å². The van der Waals surface area contributed by atoms with E-state index < -0.39 is 0 Å². The van der Waals surface area contributed by atoms with Crippen molar-refractivity contribution in [3.8, 4) is 0 Å². The van der Waals surface area contributed by atoms with Gasteiger partial charge in [-0.05, 0) is 47.2 Å². The summed E-state index contributed by atoms with van der Waals surface area (Å²) in [6.45, 7) is 1.90. The largest absolute Gasteiger partial charge is 0.465 e. The van der Waals surface area contributed by atoms with Crippen LogP contribution in [0.2, 0.25) is 0 Å². The molecular formula is C9H8BrIO2. The maximum Gasteiger partial charge on any atom is 0.338 e. The molecule has 0 radical (unpaired) electrons. The lowest BCUT2D eigenvalue weighted by Crippen LogP contribution is -2.04. The summed E-state index contributed by atoms with van der Waals surface area (Å²) in [7, 11) is 1.38. The van der Waals surface area contributed by atoms with Gasteiger partial charge in [0, 0.05) is 8.04 Å². The minimum absolute atomic E-state index is 0.295. The molecule has 0 unspecified atom stereocenters. The summed E-state index contributed by atoms with van der Waals surface area (Å²) in [5.74, 6) is -0.295. The molecule has 0 amide bonds. The Morgan fingerprint density at radius 3 is 2.69 bits per heavy atom. The fourth-order valence-corrected chi connectivity index (χ4v) is 2.48. The summed E-state index contributed by atoms with van der Waals surface area (Å²) >= 11 is 5.52. The third kappa shape index (κ3) is 2.43. The summed E-state index contributed by atoms with van der Waals surface area (Å²) in [4.78, 5) is 11.3. The highest BCUT2D eigenvalue weighted by Crippen LogP contribution is 2.22. The molecule has 0 aromatic heterocycles. The Morgan fingerprint density at radius 1 is 1.54 bits per heavy atom. The maximum absolute atomic E-state index is 11.3. The first-order chi connectivity index (χ1) is 6.06. The lowest BCUT2D eigenvalue weighted by Gasteiger charge is -2.06. The van der Waals surface area contributed by atoms with Gasteiger partial charge in [-0.1, -0.05) is 15.9 Å². The fourth-order valence-electron chi connectivity index (χ4n) is 0.968. The van der Waals surface area contributed by atoms with E-state index in [2.05, 4.69) is 43.3 Å². The molecule has 4 heteroatoms. The Kier molecular flexibility index (Phi) is 3.73. The van der Waals surface area contributed by atoms with Crippen LogP contribution in [0.5, 0.6) is 0 Å². The highest BCUT2D eigenvalue weighted by molar-refractivity contribution is 14.1. The van der Waals surface area contributed by atoms with Crippen molar-refractivity contribution in [2.24, 2.45) is 0 Å². The molecule has 0 saturated carbocycles. The van der Waals surface area contributed by atoms with Gasteiger partial charge in [0.05, 0.1) is 12.7 Å². The lowest BCUT2D eigenvalue weighted by atomic mass is 10.1. The van der Waals surface area contributed by atoms with Crippen molar-refractivity contribution < 1.29 is 9.53 Å². The average Bonchev–Trinajstić information content (AvgIpc) is 2.10. The third-order valence-electron chi connectivity index (χ3n) is 1.71. The number of ether oxygens (including phenoxy) is 1. The van der Waals surface area contributed by atoms with Crippen molar-refractivity contribution in [3.05, 3.63) is 31.3 Å². The normalized spacial score (nSPS) is 9.85. The number of methoxy groups -OCH3 is 1. The molecule has 0 aliphatic carbocycles. The molecule has 0 spiro atoms. The summed E-state index contributed by atoms with van der Waals surface area (Å²) in [5.41, 5.74) is 1.57. The van der Waals surface area contributed by atoms with Crippen LogP contribution in [0.1, 0.15) is 15.9 Å². The Labute approximate surface area is 98.9 Å². The Balaban J connectivity index is 3.28. The maximum atomic E-state index is 11.3. The van der Waals surface area contributed by atoms with Crippen molar-refractivity contribution >= 4 is 44.5 Å². The predicted octanol–water partition coefficient (Wildman–Crippen LogP) is 3.15. The van der Waals surface area contributed by atoms with E-state index in [0.717, 1.165) is 13.6 Å². The third-order valence-corrected chi connectivity index (χ3v) is 3.29. The van der Waals surface area contributed by atoms with Crippen LogP contribution in [0.4, 0.5) is 0 Å². The fraction of sp³-hybridized carbons (Fsp3) is 0.222. The number of halogens is 2. The van der Waals surface area contributed by atoms with Crippen LogP contribution in [0, 0.1) is 10.5 Å². The Morgan fingerprint density at radius 2 is 2.15 bits per heavy atom. The average molecular weight is 355 g/mol. The van der Waals surface area contributed by atoms with Gasteiger partial charge >= 0.3 is 5.97 Å². The zero-order valence-corrected chi connectivity index (χ0v) is 11.0. The van der Waals surface area contributed by atoms with Gasteiger partial charge in [0.25, 0.3) is 0 Å². The second-order valence-corrected chi connectivity index (χ2v) is 4.63. The van der Waals surface area contributed by atoms with Crippen LogP contribution in [-0.4, -0.2) is 13.1 Å². The summed E-state index contributed by atoms with van der Waals surface area (Å²) in [5, 5.41) is 0. The van der Waals surface area contributed by atoms with E-state index in [1.807, 2.05) is 13.0 Å². The van der Waals surface area contributed by atoms with Crippen LogP contribution < -0.4 is 0 Å². The molecule has 0 fully saturated rings. The standard InChI is InChI=1S/C9H8BrIO2/c1-5-7(9(12)13-2)3-6(10)4-8(5)11/h3-4H,1-2H3. The first kappa shape index (κ1) is 11.0. The van der Waals surface area contributed by atoms with E-state index in [1.54, 1.807) is 6.07 Å². The first-order valence-corrected chi connectivity index (χ1v) is 5.47. The zero-order valence-electron chi connectivity index (χ0n) is 7.23. The molecule has 1 aromatic carbocycles. The minimum atomic E-state index is -0.295. The second kappa shape index (κ2) is 4.41. The van der Waals surface area contributed by atoms with Gasteiger partial charge in [0.15, 0.2) is 0 Å². The molecule has 70 valence electrons. The molecule has 0 aliphatic rings. The van der Waals surface area contributed by atoms with Gasteiger partial charge in [-0.25, -0.2) is 4.79 Å². The van der Waals surface area contributed by atoms with Gasteiger partial charge in [-0.2, -0.15) is 0 Å². The first-order valence-electron chi connectivity index (χ1n) is 3.60. The molecule has 0 heterocycles. The zero-order chi connectivity index (χ0) is 10.0. The molecule has 1 rings (SSSR count). The number of hydrogen-bond donors (Lipinski definition) is 0. The van der Waals surface area contributed by atoms with Crippen molar-refractivity contribution in [2.45, 2.75) is 6.92 Å². The van der Waals surface area contributed by atoms with Crippen LogP contribution in [0.3, 0.4) is 0 Å². The number of benzene rings is 1. The topological polar surface area (TPSA) is 26.3 Å². The predicted molar refractivity (Wildman–Crippen MR) is 62.9 cm³/mol. The number of carbonyl (C=O) groups excluding carboxylic acids is 1. The van der Waals surface area contributed by atoms with E-state index in [-0.39, 0.29) is 5.97 Å². The Bertz CT molecular complexity index is 350. The minimum Gasteiger partial charge on any atom is -0.465 e. The molecule has 0 N–H and O–H groups in total. The SMILES string of the molecule is COC(=O)c1cc(Br)cc(I)c1C. The van der Waals surface area contributed by atoms with Gasteiger partial charge in [0.2, 0.25) is 0 Å². The molecule has 1 aromatic rings. The number of carbonyl (C=O) groups is 1. The molecule has 13 heavy (non-hydrogen) atoms. The Hall–Kier alpha value is -0.100. The number of rotatable bonds is 1. The van der Waals surface area contributed by atoms with Gasteiger partial charge in [0.1, 0.15) is 0 Å². The highest BCUT2D eigenvalue weighted by Gasteiger charge is 2.11. The van der Waals surface area contributed by atoms with Crippen molar-refractivity contribution in [3.63, 3.8) is 0 Å². The number of esters is 1. The number of hydrogen-bond acceptors (Lipinski definition) is 2. The van der Waals surface area contributed by atoms with Gasteiger partial charge in [-0.3, -0.25) is 0 Å². The monoisotopic (exact) mass is 354 g/mol. The second-order valence-electron chi connectivity index (χ2n) is 2.55. The smallest absolute Gasteiger partial charge is 0.338 e. The van der Waals surface area contributed by atoms with Crippen LogP contribution >= 0.6 is 38.5 Å². The molecule has 0 atom stereocenters. The van der Waals surface area contributed by atoms with Gasteiger partial charge in [-0.15, -0.1) is 0 Å². The summed E-state index contributed by atoms with van der Waals surface area (Å²) in [6.07, 6.45) is 0. The molecule has 0 aliphatic heterocycles. The molecule has 2 nitrogen and oxygen atoms in total. The quantitative estimate of drug-likeness (QED) is 0.572. The molecular weight excluding hydrogens is 347 g/mol. The summed E-state index contributed by atoms with van der Waals surface area (Å²) < 4.78 is 6.60. The van der Waals surface area contributed by atoms with E-state index in [9.17, 15) is 4.79 Å². The van der Waals surface area contributed by atoms with Crippen LogP contribution in [0.15, 0.2) is 16.6 Å². The molecule has 0 saturated heterocycles. The highest BCUT2D eigenvalue weighted by atomic mass is 127. The van der Waals surface area contributed by atoms with Crippen molar-refractivity contribution in [1.29, 1.82) is 0 Å². The van der Waals surface area contributed by atoms with E-state index in [0.29, 0.717) is 5.56 Å². The van der Waals surface area contributed by atoms with Crippen molar-refractivity contribution in [2.75, 3.05) is 7.11 Å². The van der Waals surface area contributed by atoms with E-state index in [4.69, 9.17) is 0 Å². The summed E-state index contributed by atoms with van der Waals surface area (Å²) in [6, 6.07) is 3.73. The van der Waals surface area contributed by atoms with Crippen molar-refractivity contribution in [1.82, 2.24) is 0 Å². The van der Waals surface area contributed by atoms with E-state index in [1.165, 1.54) is 7.11 Å². The van der Waals surface area contributed by atoms with E-state index >= 15 is 0 Å². The van der Waals surface area contributed by atoms with Crippen LogP contribution in [0.25, 0.3) is 0 Å². The lowest BCUT2D eigenvalue weighted by molar-refractivity contribution is 0.0599. The molecule has 0 bridgehead atoms.